The SMILES string of the molecule is CCCNCc1cc(F)cc(Oc2cc(C)cc(C)c2)c1. The number of benzene rings is 2. The fourth-order valence-corrected chi connectivity index (χ4v) is 2.32. The summed E-state index contributed by atoms with van der Waals surface area (Å²) in [4.78, 5) is 0. The molecule has 0 aromatic heterocycles. The molecule has 0 saturated carbocycles. The number of rotatable bonds is 6. The first kappa shape index (κ1) is 15.5. The minimum Gasteiger partial charge on any atom is -0.457 e. The third kappa shape index (κ3) is 4.87. The molecule has 0 heterocycles. The zero-order chi connectivity index (χ0) is 15.2. The van der Waals surface area contributed by atoms with E-state index in [0.29, 0.717) is 12.3 Å². The van der Waals surface area contributed by atoms with Gasteiger partial charge in [-0.3, -0.25) is 0 Å². The van der Waals surface area contributed by atoms with E-state index in [0.717, 1.165) is 35.4 Å². The van der Waals surface area contributed by atoms with Gasteiger partial charge in [0.1, 0.15) is 17.3 Å². The van der Waals surface area contributed by atoms with E-state index in [2.05, 4.69) is 18.3 Å². The molecule has 2 rings (SSSR count). The average Bonchev–Trinajstić information content (AvgIpc) is 2.37. The van der Waals surface area contributed by atoms with Crippen LogP contribution in [0.2, 0.25) is 0 Å². The number of hydrogen-bond acceptors (Lipinski definition) is 2. The Hall–Kier alpha value is -1.87. The quantitative estimate of drug-likeness (QED) is 0.775. The number of aryl methyl sites for hydroxylation is 2. The van der Waals surface area contributed by atoms with Crippen molar-refractivity contribution in [3.05, 3.63) is 58.9 Å². The minimum atomic E-state index is -0.273. The first-order valence-electron chi connectivity index (χ1n) is 7.33. The number of halogens is 1. The highest BCUT2D eigenvalue weighted by Gasteiger charge is 2.04. The van der Waals surface area contributed by atoms with Crippen LogP contribution in [0.5, 0.6) is 11.5 Å². The number of ether oxygens (including phenoxy) is 1. The lowest BCUT2D eigenvalue weighted by molar-refractivity contribution is 0.474. The van der Waals surface area contributed by atoms with Crippen molar-refractivity contribution in [2.45, 2.75) is 33.7 Å². The molecule has 0 fully saturated rings. The summed E-state index contributed by atoms with van der Waals surface area (Å²) in [5, 5.41) is 3.27. The van der Waals surface area contributed by atoms with Crippen LogP contribution in [-0.2, 0) is 6.54 Å². The second kappa shape index (κ2) is 7.23. The molecule has 0 aliphatic rings. The maximum Gasteiger partial charge on any atom is 0.130 e. The summed E-state index contributed by atoms with van der Waals surface area (Å²) >= 11 is 0. The highest BCUT2D eigenvalue weighted by atomic mass is 19.1. The summed E-state index contributed by atoms with van der Waals surface area (Å²) in [5.41, 5.74) is 3.15. The highest BCUT2D eigenvalue weighted by Crippen LogP contribution is 2.25. The van der Waals surface area contributed by atoms with Crippen molar-refractivity contribution in [1.29, 1.82) is 0 Å². The number of hydrogen-bond donors (Lipinski definition) is 1. The maximum atomic E-state index is 13.7. The molecular formula is C18H22FNO. The van der Waals surface area contributed by atoms with Gasteiger partial charge in [0.25, 0.3) is 0 Å². The molecule has 2 aromatic rings. The minimum absolute atomic E-state index is 0.273. The summed E-state index contributed by atoms with van der Waals surface area (Å²) in [6.45, 7) is 7.71. The van der Waals surface area contributed by atoms with Gasteiger partial charge in [-0.15, -0.1) is 0 Å². The maximum absolute atomic E-state index is 13.7. The van der Waals surface area contributed by atoms with E-state index >= 15 is 0 Å². The Balaban J connectivity index is 2.15. The van der Waals surface area contributed by atoms with Crippen LogP contribution in [0.1, 0.15) is 30.0 Å². The van der Waals surface area contributed by atoms with Crippen molar-refractivity contribution in [2.75, 3.05) is 6.54 Å². The van der Waals surface area contributed by atoms with Crippen LogP contribution in [0.4, 0.5) is 4.39 Å². The van der Waals surface area contributed by atoms with Crippen LogP contribution in [0.3, 0.4) is 0 Å². The largest absolute Gasteiger partial charge is 0.457 e. The van der Waals surface area contributed by atoms with Gasteiger partial charge in [0, 0.05) is 12.6 Å². The van der Waals surface area contributed by atoms with Gasteiger partial charge in [0.05, 0.1) is 0 Å². The molecule has 0 spiro atoms. The summed E-state index contributed by atoms with van der Waals surface area (Å²) in [7, 11) is 0. The Morgan fingerprint density at radius 2 is 1.62 bits per heavy atom. The van der Waals surface area contributed by atoms with Crippen LogP contribution >= 0.6 is 0 Å². The second-order valence-electron chi connectivity index (χ2n) is 5.40. The van der Waals surface area contributed by atoms with Crippen molar-refractivity contribution in [1.82, 2.24) is 5.32 Å². The first-order valence-corrected chi connectivity index (χ1v) is 7.33. The fraction of sp³-hybridized carbons (Fsp3) is 0.333. The standard InChI is InChI=1S/C18H22FNO/c1-4-5-20-12-15-9-16(19)11-18(10-15)21-17-7-13(2)6-14(3)8-17/h6-11,20H,4-5,12H2,1-3H3. The van der Waals surface area contributed by atoms with E-state index in [1.807, 2.05) is 32.0 Å². The van der Waals surface area contributed by atoms with Gasteiger partial charge >= 0.3 is 0 Å². The van der Waals surface area contributed by atoms with Gasteiger partial charge in [0.15, 0.2) is 0 Å². The average molecular weight is 287 g/mol. The van der Waals surface area contributed by atoms with E-state index in [1.54, 1.807) is 0 Å². The topological polar surface area (TPSA) is 21.3 Å². The summed E-state index contributed by atoms with van der Waals surface area (Å²) in [6, 6.07) is 10.8. The third-order valence-electron chi connectivity index (χ3n) is 3.12. The summed E-state index contributed by atoms with van der Waals surface area (Å²) in [5.74, 6) is 1.00. The molecule has 0 aliphatic heterocycles. The van der Waals surface area contributed by atoms with Crippen molar-refractivity contribution >= 4 is 0 Å². The zero-order valence-corrected chi connectivity index (χ0v) is 12.9. The molecule has 0 radical (unpaired) electrons. The lowest BCUT2D eigenvalue weighted by Crippen LogP contribution is -2.13. The lowest BCUT2D eigenvalue weighted by atomic mass is 10.1. The first-order chi connectivity index (χ1) is 10.1. The van der Waals surface area contributed by atoms with E-state index < -0.39 is 0 Å². The van der Waals surface area contributed by atoms with Crippen LogP contribution in [0.15, 0.2) is 36.4 Å². The van der Waals surface area contributed by atoms with E-state index in [1.165, 1.54) is 12.1 Å². The molecule has 3 heteroatoms. The summed E-state index contributed by atoms with van der Waals surface area (Å²) in [6.07, 6.45) is 1.06. The molecular weight excluding hydrogens is 265 g/mol. The third-order valence-corrected chi connectivity index (χ3v) is 3.12. The van der Waals surface area contributed by atoms with Crippen molar-refractivity contribution in [3.63, 3.8) is 0 Å². The van der Waals surface area contributed by atoms with Crippen LogP contribution in [0, 0.1) is 19.7 Å². The van der Waals surface area contributed by atoms with Gasteiger partial charge in [-0.1, -0.05) is 13.0 Å². The number of nitrogens with one attached hydrogen (secondary N) is 1. The molecule has 0 amide bonds. The Morgan fingerprint density at radius 3 is 2.29 bits per heavy atom. The molecule has 2 nitrogen and oxygen atoms in total. The Kier molecular flexibility index (Phi) is 5.34. The lowest BCUT2D eigenvalue weighted by Gasteiger charge is -2.10. The molecule has 0 unspecified atom stereocenters. The van der Waals surface area contributed by atoms with E-state index in [9.17, 15) is 4.39 Å². The van der Waals surface area contributed by atoms with Crippen molar-refractivity contribution in [3.8, 4) is 11.5 Å². The molecule has 1 N–H and O–H groups in total. The van der Waals surface area contributed by atoms with Crippen LogP contribution in [-0.4, -0.2) is 6.54 Å². The molecule has 0 saturated heterocycles. The van der Waals surface area contributed by atoms with Gasteiger partial charge in [-0.25, -0.2) is 4.39 Å². The Bertz CT molecular complexity index is 590. The predicted octanol–water partition coefficient (Wildman–Crippen LogP) is 4.73. The van der Waals surface area contributed by atoms with Gasteiger partial charge in [-0.2, -0.15) is 0 Å². The smallest absolute Gasteiger partial charge is 0.130 e. The monoisotopic (exact) mass is 287 g/mol. The van der Waals surface area contributed by atoms with Crippen LogP contribution in [0.25, 0.3) is 0 Å². The van der Waals surface area contributed by atoms with E-state index in [-0.39, 0.29) is 5.82 Å². The Morgan fingerprint density at radius 1 is 0.952 bits per heavy atom. The fourth-order valence-electron chi connectivity index (χ4n) is 2.32. The molecule has 0 bridgehead atoms. The van der Waals surface area contributed by atoms with E-state index in [4.69, 9.17) is 4.74 Å². The normalized spacial score (nSPS) is 10.7. The van der Waals surface area contributed by atoms with Crippen LogP contribution < -0.4 is 10.1 Å². The van der Waals surface area contributed by atoms with Crippen molar-refractivity contribution in [2.24, 2.45) is 0 Å². The van der Waals surface area contributed by atoms with Gasteiger partial charge < -0.3 is 10.1 Å². The second-order valence-corrected chi connectivity index (χ2v) is 5.40. The van der Waals surface area contributed by atoms with Gasteiger partial charge in [-0.05, 0) is 67.8 Å². The molecule has 0 aliphatic carbocycles. The summed E-state index contributed by atoms with van der Waals surface area (Å²) < 4.78 is 19.5. The zero-order valence-electron chi connectivity index (χ0n) is 12.9. The van der Waals surface area contributed by atoms with Crippen molar-refractivity contribution < 1.29 is 9.13 Å². The Labute approximate surface area is 126 Å². The molecule has 21 heavy (non-hydrogen) atoms. The predicted molar refractivity (Wildman–Crippen MR) is 84.4 cm³/mol. The highest BCUT2D eigenvalue weighted by molar-refractivity contribution is 5.38. The molecule has 2 aromatic carbocycles. The molecule has 112 valence electrons. The van der Waals surface area contributed by atoms with Gasteiger partial charge in [0.2, 0.25) is 0 Å². The molecule has 0 atom stereocenters.